The lowest BCUT2D eigenvalue weighted by molar-refractivity contribution is 0.0939. The van der Waals surface area contributed by atoms with E-state index < -0.39 is 5.54 Å². The summed E-state index contributed by atoms with van der Waals surface area (Å²) in [6.07, 6.45) is 1.66. The first kappa shape index (κ1) is 8.47. The van der Waals surface area contributed by atoms with Crippen molar-refractivity contribution in [1.29, 1.82) is 0 Å². The zero-order valence-corrected chi connectivity index (χ0v) is 8.50. The summed E-state index contributed by atoms with van der Waals surface area (Å²) in [4.78, 5) is 15.9. The third kappa shape index (κ3) is 0.960. The smallest absolute Gasteiger partial charge is 0.257 e. The molecular weight excluding hydrogens is 192 g/mol. The number of carbonyl (C=O) groups excluding carboxylic acids is 1. The van der Waals surface area contributed by atoms with Gasteiger partial charge in [0.15, 0.2) is 5.58 Å². The van der Waals surface area contributed by atoms with Crippen LogP contribution in [-0.4, -0.2) is 10.9 Å². The van der Waals surface area contributed by atoms with Gasteiger partial charge in [-0.15, -0.1) is 0 Å². The van der Waals surface area contributed by atoms with Crippen LogP contribution in [-0.2, 0) is 5.54 Å². The molecule has 3 heterocycles. The second-order valence-corrected chi connectivity index (χ2v) is 4.24. The molecule has 0 spiro atoms. The van der Waals surface area contributed by atoms with E-state index in [4.69, 9.17) is 4.42 Å². The van der Waals surface area contributed by atoms with Crippen molar-refractivity contribution in [3.8, 4) is 0 Å². The SMILES string of the molecule is CC1(C)NC(=O)c2c1oc1cccnc21. The van der Waals surface area contributed by atoms with Crippen molar-refractivity contribution in [2.24, 2.45) is 0 Å². The fraction of sp³-hybridized carbons (Fsp3) is 0.273. The summed E-state index contributed by atoms with van der Waals surface area (Å²) in [6, 6.07) is 3.62. The van der Waals surface area contributed by atoms with Crippen LogP contribution in [0.4, 0.5) is 0 Å². The first-order chi connectivity index (χ1) is 7.09. The first-order valence-electron chi connectivity index (χ1n) is 4.80. The highest BCUT2D eigenvalue weighted by Crippen LogP contribution is 2.36. The molecule has 0 bridgehead atoms. The van der Waals surface area contributed by atoms with Crippen LogP contribution in [0.25, 0.3) is 11.1 Å². The normalized spacial score (nSPS) is 17.9. The minimum atomic E-state index is -0.437. The maximum Gasteiger partial charge on any atom is 0.257 e. The molecule has 76 valence electrons. The average molecular weight is 202 g/mol. The Balaban J connectivity index is 2.44. The molecule has 0 saturated heterocycles. The van der Waals surface area contributed by atoms with E-state index in [1.807, 2.05) is 19.9 Å². The number of rotatable bonds is 0. The van der Waals surface area contributed by atoms with Crippen LogP contribution in [0.2, 0.25) is 0 Å². The van der Waals surface area contributed by atoms with E-state index in [1.54, 1.807) is 12.3 Å². The number of nitrogens with one attached hydrogen (secondary N) is 1. The van der Waals surface area contributed by atoms with Crippen LogP contribution in [0, 0.1) is 0 Å². The van der Waals surface area contributed by atoms with Gasteiger partial charge in [0.25, 0.3) is 5.91 Å². The number of furan rings is 1. The molecule has 4 heteroatoms. The minimum absolute atomic E-state index is 0.104. The van der Waals surface area contributed by atoms with Crippen LogP contribution in [0.3, 0.4) is 0 Å². The lowest BCUT2D eigenvalue weighted by Gasteiger charge is -2.15. The average Bonchev–Trinajstić information content (AvgIpc) is 2.64. The maximum atomic E-state index is 11.7. The van der Waals surface area contributed by atoms with Crippen LogP contribution in [0.1, 0.15) is 30.0 Å². The zero-order valence-electron chi connectivity index (χ0n) is 8.50. The molecule has 3 rings (SSSR count). The quantitative estimate of drug-likeness (QED) is 0.708. The number of hydrogen-bond acceptors (Lipinski definition) is 3. The van der Waals surface area contributed by atoms with Gasteiger partial charge in [0.2, 0.25) is 0 Å². The molecule has 2 aromatic rings. The summed E-state index contributed by atoms with van der Waals surface area (Å²) in [5.74, 6) is 0.577. The fourth-order valence-corrected chi connectivity index (χ4v) is 1.98. The van der Waals surface area contributed by atoms with Crippen molar-refractivity contribution in [3.63, 3.8) is 0 Å². The molecule has 0 aromatic carbocycles. The number of nitrogens with zero attached hydrogens (tertiary/aromatic N) is 1. The van der Waals surface area contributed by atoms with Crippen molar-refractivity contribution in [2.45, 2.75) is 19.4 Å². The Morgan fingerprint density at radius 3 is 3.07 bits per heavy atom. The molecule has 0 aliphatic carbocycles. The van der Waals surface area contributed by atoms with Crippen LogP contribution in [0.15, 0.2) is 22.7 Å². The number of fused-ring (bicyclic) bond motifs is 3. The Morgan fingerprint density at radius 2 is 2.27 bits per heavy atom. The highest BCUT2D eigenvalue weighted by Gasteiger charge is 2.41. The predicted molar refractivity (Wildman–Crippen MR) is 54.5 cm³/mol. The van der Waals surface area contributed by atoms with Crippen molar-refractivity contribution in [1.82, 2.24) is 10.3 Å². The lowest BCUT2D eigenvalue weighted by Crippen LogP contribution is -2.32. The van der Waals surface area contributed by atoms with Gasteiger partial charge < -0.3 is 9.73 Å². The summed E-state index contributed by atoms with van der Waals surface area (Å²) < 4.78 is 5.65. The highest BCUT2D eigenvalue weighted by molar-refractivity contribution is 6.08. The van der Waals surface area contributed by atoms with Gasteiger partial charge in [-0.1, -0.05) is 0 Å². The Hall–Kier alpha value is -1.84. The molecule has 4 nitrogen and oxygen atoms in total. The van der Waals surface area contributed by atoms with Gasteiger partial charge in [0.05, 0.1) is 5.54 Å². The van der Waals surface area contributed by atoms with Gasteiger partial charge in [0, 0.05) is 6.20 Å². The molecule has 1 aliphatic heterocycles. The third-order valence-electron chi connectivity index (χ3n) is 2.67. The summed E-state index contributed by atoms with van der Waals surface area (Å²) in [5, 5.41) is 2.86. The molecule has 0 fully saturated rings. The molecular formula is C11H10N2O2. The summed E-state index contributed by atoms with van der Waals surface area (Å²) in [6.45, 7) is 3.83. The molecule has 0 unspecified atom stereocenters. The highest BCUT2D eigenvalue weighted by atomic mass is 16.3. The molecule has 1 aliphatic rings. The Bertz CT molecular complexity index is 569. The topological polar surface area (TPSA) is 55.1 Å². The Labute approximate surface area is 86.3 Å². The number of amides is 1. The van der Waals surface area contributed by atoms with Crippen molar-refractivity contribution < 1.29 is 9.21 Å². The second kappa shape index (κ2) is 2.39. The van der Waals surface area contributed by atoms with E-state index in [0.29, 0.717) is 22.4 Å². The van der Waals surface area contributed by atoms with E-state index in [1.165, 1.54) is 0 Å². The number of pyridine rings is 1. The van der Waals surface area contributed by atoms with Gasteiger partial charge >= 0.3 is 0 Å². The van der Waals surface area contributed by atoms with Crippen LogP contribution in [0.5, 0.6) is 0 Å². The number of hydrogen-bond donors (Lipinski definition) is 1. The van der Waals surface area contributed by atoms with Crippen molar-refractivity contribution in [3.05, 3.63) is 29.7 Å². The van der Waals surface area contributed by atoms with Gasteiger partial charge in [-0.2, -0.15) is 0 Å². The largest absolute Gasteiger partial charge is 0.456 e. The maximum absolute atomic E-state index is 11.7. The number of aromatic nitrogens is 1. The standard InChI is InChI=1S/C11H10N2O2/c1-11(2)9-7(10(14)13-11)8-6(15-9)4-3-5-12-8/h3-5H,1-2H3,(H,13,14). The molecule has 15 heavy (non-hydrogen) atoms. The van der Waals surface area contributed by atoms with Gasteiger partial charge in [-0.25, -0.2) is 0 Å². The predicted octanol–water partition coefficient (Wildman–Crippen LogP) is 1.81. The van der Waals surface area contributed by atoms with Gasteiger partial charge in [-0.05, 0) is 26.0 Å². The van der Waals surface area contributed by atoms with E-state index in [9.17, 15) is 4.79 Å². The molecule has 1 N–H and O–H groups in total. The van der Waals surface area contributed by atoms with Crippen LogP contribution >= 0.6 is 0 Å². The van der Waals surface area contributed by atoms with E-state index in [0.717, 1.165) is 0 Å². The third-order valence-corrected chi connectivity index (χ3v) is 2.67. The van der Waals surface area contributed by atoms with Crippen LogP contribution < -0.4 is 5.32 Å². The summed E-state index contributed by atoms with van der Waals surface area (Å²) >= 11 is 0. The monoisotopic (exact) mass is 202 g/mol. The zero-order chi connectivity index (χ0) is 10.6. The molecule has 0 atom stereocenters. The lowest BCUT2D eigenvalue weighted by atomic mass is 10.0. The molecule has 1 amide bonds. The fourth-order valence-electron chi connectivity index (χ4n) is 1.98. The Kier molecular flexibility index (Phi) is 1.35. The van der Waals surface area contributed by atoms with Crippen molar-refractivity contribution >= 4 is 17.0 Å². The van der Waals surface area contributed by atoms with E-state index in [-0.39, 0.29) is 5.91 Å². The van der Waals surface area contributed by atoms with E-state index in [2.05, 4.69) is 10.3 Å². The second-order valence-electron chi connectivity index (χ2n) is 4.24. The van der Waals surface area contributed by atoms with Gasteiger partial charge in [-0.3, -0.25) is 9.78 Å². The minimum Gasteiger partial charge on any atom is -0.456 e. The van der Waals surface area contributed by atoms with Gasteiger partial charge in [0.1, 0.15) is 16.8 Å². The van der Waals surface area contributed by atoms with Crippen molar-refractivity contribution in [2.75, 3.05) is 0 Å². The number of carbonyl (C=O) groups is 1. The molecule has 0 saturated carbocycles. The summed E-state index contributed by atoms with van der Waals surface area (Å²) in [7, 11) is 0. The molecule has 2 aromatic heterocycles. The molecule has 0 radical (unpaired) electrons. The Morgan fingerprint density at radius 1 is 1.47 bits per heavy atom. The first-order valence-corrected chi connectivity index (χ1v) is 4.80. The summed E-state index contributed by atoms with van der Waals surface area (Å²) in [5.41, 5.74) is 1.46. The van der Waals surface area contributed by atoms with E-state index >= 15 is 0 Å².